The predicted octanol–water partition coefficient (Wildman–Crippen LogP) is 3.82. The van der Waals surface area contributed by atoms with Crippen molar-refractivity contribution in [3.63, 3.8) is 0 Å². The molecule has 144 valence electrons. The molecule has 0 spiro atoms. The van der Waals surface area contributed by atoms with Crippen LogP contribution in [0.25, 0.3) is 0 Å². The van der Waals surface area contributed by atoms with Crippen LogP contribution >= 0.6 is 11.6 Å². The first kappa shape index (κ1) is 19.4. The second-order valence-electron chi connectivity index (χ2n) is 5.77. The lowest BCUT2D eigenvalue weighted by atomic mass is 10.2. The summed E-state index contributed by atoms with van der Waals surface area (Å²) in [7, 11) is 3.16. The number of nitrogens with one attached hydrogen (secondary N) is 2. The maximum absolute atomic E-state index is 12.4. The van der Waals surface area contributed by atoms with Gasteiger partial charge in [0.1, 0.15) is 17.2 Å². The van der Waals surface area contributed by atoms with Crippen molar-refractivity contribution >= 4 is 29.1 Å². The normalized spacial score (nSPS) is 10.2. The van der Waals surface area contributed by atoms with Crippen molar-refractivity contribution in [3.8, 4) is 11.5 Å². The van der Waals surface area contributed by atoms with Crippen molar-refractivity contribution in [2.45, 2.75) is 6.54 Å². The minimum atomic E-state index is -0.297. The van der Waals surface area contributed by atoms with Crippen molar-refractivity contribution < 1.29 is 14.3 Å². The van der Waals surface area contributed by atoms with Crippen molar-refractivity contribution in [1.82, 2.24) is 15.3 Å². The molecule has 0 bridgehead atoms. The van der Waals surface area contributed by atoms with Crippen LogP contribution in [0.15, 0.2) is 54.7 Å². The number of hydrogen-bond donors (Lipinski definition) is 2. The molecule has 0 saturated carbocycles. The molecule has 2 N–H and O–H groups in total. The summed E-state index contributed by atoms with van der Waals surface area (Å²) in [5.41, 5.74) is 1.89. The third-order valence-electron chi connectivity index (χ3n) is 3.91. The summed E-state index contributed by atoms with van der Waals surface area (Å²) in [6.07, 6.45) is 1.52. The molecule has 0 radical (unpaired) electrons. The van der Waals surface area contributed by atoms with Gasteiger partial charge in [-0.2, -0.15) is 0 Å². The number of rotatable bonds is 7. The third kappa shape index (κ3) is 4.89. The molecular formula is C20H19ClN4O3. The van der Waals surface area contributed by atoms with E-state index in [9.17, 15) is 4.79 Å². The van der Waals surface area contributed by atoms with Crippen LogP contribution in [0, 0.1) is 0 Å². The van der Waals surface area contributed by atoms with Crippen molar-refractivity contribution in [2.75, 3.05) is 19.5 Å². The second-order valence-corrected chi connectivity index (χ2v) is 6.18. The van der Waals surface area contributed by atoms with Gasteiger partial charge in [0.2, 0.25) is 5.95 Å². The Kier molecular flexibility index (Phi) is 6.29. The van der Waals surface area contributed by atoms with E-state index in [1.807, 2.05) is 24.3 Å². The Hall–Kier alpha value is -3.32. The van der Waals surface area contributed by atoms with Gasteiger partial charge in [0.15, 0.2) is 0 Å². The average Bonchev–Trinajstić information content (AvgIpc) is 2.72. The summed E-state index contributed by atoms with van der Waals surface area (Å²) in [6, 6.07) is 14.2. The number of carbonyl (C=O) groups is 1. The average molecular weight is 399 g/mol. The highest BCUT2D eigenvalue weighted by atomic mass is 35.5. The van der Waals surface area contributed by atoms with E-state index in [0.717, 1.165) is 11.3 Å². The van der Waals surface area contributed by atoms with Crippen LogP contribution in [0.3, 0.4) is 0 Å². The van der Waals surface area contributed by atoms with Gasteiger partial charge in [0.25, 0.3) is 5.91 Å². The Labute approximate surface area is 167 Å². The fourth-order valence-electron chi connectivity index (χ4n) is 2.43. The maximum atomic E-state index is 12.4. The predicted molar refractivity (Wildman–Crippen MR) is 107 cm³/mol. The molecule has 3 aromatic rings. The van der Waals surface area contributed by atoms with E-state index in [4.69, 9.17) is 21.1 Å². The van der Waals surface area contributed by atoms with Gasteiger partial charge in [-0.3, -0.25) is 4.79 Å². The van der Waals surface area contributed by atoms with Gasteiger partial charge in [-0.05, 0) is 42.0 Å². The zero-order chi connectivity index (χ0) is 19.9. The lowest BCUT2D eigenvalue weighted by Gasteiger charge is -2.09. The first-order valence-electron chi connectivity index (χ1n) is 8.44. The van der Waals surface area contributed by atoms with Gasteiger partial charge in [-0.1, -0.05) is 23.7 Å². The number of anilines is 2. The summed E-state index contributed by atoms with van der Waals surface area (Å²) in [5.74, 6) is 1.33. The minimum Gasteiger partial charge on any atom is -0.497 e. The molecule has 1 heterocycles. The van der Waals surface area contributed by atoms with Crippen LogP contribution in [-0.2, 0) is 6.54 Å². The molecule has 0 saturated heterocycles. The first-order valence-corrected chi connectivity index (χ1v) is 8.81. The van der Waals surface area contributed by atoms with E-state index in [1.54, 1.807) is 38.5 Å². The highest BCUT2D eigenvalue weighted by molar-refractivity contribution is 6.32. The molecule has 7 nitrogen and oxygen atoms in total. The molecule has 28 heavy (non-hydrogen) atoms. The number of amides is 1. The Morgan fingerprint density at radius 2 is 1.86 bits per heavy atom. The van der Waals surface area contributed by atoms with Crippen LogP contribution in [0.1, 0.15) is 16.1 Å². The molecule has 1 aromatic heterocycles. The number of halogens is 1. The monoisotopic (exact) mass is 398 g/mol. The van der Waals surface area contributed by atoms with E-state index in [2.05, 4.69) is 20.6 Å². The summed E-state index contributed by atoms with van der Waals surface area (Å²) < 4.78 is 10.2. The summed E-state index contributed by atoms with van der Waals surface area (Å²) in [6.45, 7) is 0.379. The fourth-order valence-corrected chi connectivity index (χ4v) is 2.69. The highest BCUT2D eigenvalue weighted by Crippen LogP contribution is 2.28. The van der Waals surface area contributed by atoms with Gasteiger partial charge < -0.3 is 20.1 Å². The largest absolute Gasteiger partial charge is 0.497 e. The lowest BCUT2D eigenvalue weighted by Crippen LogP contribution is -2.24. The van der Waals surface area contributed by atoms with E-state index in [1.165, 1.54) is 6.20 Å². The molecule has 0 aliphatic rings. The van der Waals surface area contributed by atoms with Crippen LogP contribution in [-0.4, -0.2) is 30.1 Å². The molecule has 0 unspecified atom stereocenters. The highest BCUT2D eigenvalue weighted by Gasteiger charge is 2.10. The molecule has 3 rings (SSSR count). The Morgan fingerprint density at radius 1 is 1.07 bits per heavy atom. The molecule has 0 atom stereocenters. The molecular weight excluding hydrogens is 380 g/mol. The Morgan fingerprint density at radius 3 is 2.54 bits per heavy atom. The lowest BCUT2D eigenvalue weighted by molar-refractivity contribution is 0.0946. The number of carbonyl (C=O) groups excluding carboxylic acids is 1. The van der Waals surface area contributed by atoms with Gasteiger partial charge in [0, 0.05) is 18.4 Å². The molecule has 0 fully saturated rings. The second kappa shape index (κ2) is 9.05. The van der Waals surface area contributed by atoms with Gasteiger partial charge in [-0.15, -0.1) is 0 Å². The van der Waals surface area contributed by atoms with E-state index < -0.39 is 0 Å². The van der Waals surface area contributed by atoms with Crippen LogP contribution in [0.4, 0.5) is 11.6 Å². The Balaban J connectivity index is 1.64. The van der Waals surface area contributed by atoms with Gasteiger partial charge >= 0.3 is 0 Å². The van der Waals surface area contributed by atoms with Crippen molar-refractivity contribution in [2.24, 2.45) is 0 Å². The van der Waals surface area contributed by atoms with Crippen molar-refractivity contribution in [3.05, 3.63) is 71.0 Å². The van der Waals surface area contributed by atoms with E-state index in [0.29, 0.717) is 29.0 Å². The standard InChI is InChI=1S/C20H19ClN4O3/c1-27-15-6-3-13(4-7-15)12-23-19(26)17-9-10-22-20(25-17)24-14-5-8-18(28-2)16(21)11-14/h3-11H,12H2,1-2H3,(H,23,26)(H,22,24,25). The maximum Gasteiger partial charge on any atom is 0.270 e. The van der Waals surface area contributed by atoms with Crippen LogP contribution in [0.5, 0.6) is 11.5 Å². The number of hydrogen-bond acceptors (Lipinski definition) is 6. The molecule has 8 heteroatoms. The van der Waals surface area contributed by atoms with Crippen LogP contribution in [0.2, 0.25) is 5.02 Å². The number of nitrogens with zero attached hydrogens (tertiary/aromatic N) is 2. The zero-order valence-corrected chi connectivity index (χ0v) is 16.2. The third-order valence-corrected chi connectivity index (χ3v) is 4.20. The van der Waals surface area contributed by atoms with Gasteiger partial charge in [-0.25, -0.2) is 9.97 Å². The summed E-state index contributed by atoms with van der Waals surface area (Å²) >= 11 is 6.12. The SMILES string of the molecule is COc1ccc(CNC(=O)c2ccnc(Nc3ccc(OC)c(Cl)c3)n2)cc1. The first-order chi connectivity index (χ1) is 13.6. The fraction of sp³-hybridized carbons (Fsp3) is 0.150. The molecule has 1 amide bonds. The number of benzene rings is 2. The molecule has 0 aliphatic carbocycles. The van der Waals surface area contributed by atoms with E-state index >= 15 is 0 Å². The number of methoxy groups -OCH3 is 2. The zero-order valence-electron chi connectivity index (χ0n) is 15.4. The minimum absolute atomic E-state index is 0.255. The number of aromatic nitrogens is 2. The Bertz CT molecular complexity index is 964. The quantitative estimate of drug-likeness (QED) is 0.629. The van der Waals surface area contributed by atoms with Crippen molar-refractivity contribution in [1.29, 1.82) is 0 Å². The number of ether oxygens (including phenoxy) is 2. The summed E-state index contributed by atoms with van der Waals surface area (Å²) in [5, 5.41) is 6.31. The van der Waals surface area contributed by atoms with E-state index in [-0.39, 0.29) is 11.6 Å². The smallest absolute Gasteiger partial charge is 0.270 e. The summed E-state index contributed by atoms with van der Waals surface area (Å²) in [4.78, 5) is 20.8. The molecule has 0 aliphatic heterocycles. The molecule has 2 aromatic carbocycles. The van der Waals surface area contributed by atoms with Crippen LogP contribution < -0.4 is 20.1 Å². The topological polar surface area (TPSA) is 85.4 Å². The van der Waals surface area contributed by atoms with Gasteiger partial charge in [0.05, 0.1) is 19.2 Å².